The highest BCUT2D eigenvalue weighted by atomic mass is 32.2. The Morgan fingerprint density at radius 1 is 0.773 bits per heavy atom. The number of aliphatic hydroxyl groups is 1. The van der Waals surface area contributed by atoms with E-state index in [9.17, 15) is 42.6 Å². The number of amides is 3. The van der Waals surface area contributed by atoms with E-state index in [1.54, 1.807) is 44.4 Å². The number of carboxylic acid groups (broad SMARTS) is 1. The van der Waals surface area contributed by atoms with Crippen molar-refractivity contribution in [2.75, 3.05) is 132 Å². The number of para-hydroxylation sites is 1. The number of carboxylic acids is 1. The quantitative estimate of drug-likeness (QED) is 0.0239. The van der Waals surface area contributed by atoms with E-state index in [0.717, 1.165) is 37.9 Å². The molecule has 414 valence electrons. The first-order chi connectivity index (χ1) is 35.8. The van der Waals surface area contributed by atoms with E-state index in [1.807, 2.05) is 37.2 Å². The highest BCUT2D eigenvalue weighted by molar-refractivity contribution is 8.18. The number of aliphatic hydroxyl groups excluding tert-OH is 1. The molecular formula is C50H67F3N6O15S. The summed E-state index contributed by atoms with van der Waals surface area (Å²) in [5.41, 5.74) is 1.98. The Kier molecular flexibility index (Phi) is 31.1. The predicted octanol–water partition coefficient (Wildman–Crippen LogP) is 6.73. The lowest BCUT2D eigenvalue weighted by molar-refractivity contribution is -0.192. The van der Waals surface area contributed by atoms with Crippen molar-refractivity contribution in [2.45, 2.75) is 25.9 Å². The molecule has 21 nitrogen and oxygen atoms in total. The van der Waals surface area contributed by atoms with E-state index in [2.05, 4.69) is 39.9 Å². The average Bonchev–Trinajstić information content (AvgIpc) is 3.65. The molecule has 3 amide bonds. The third-order valence-electron chi connectivity index (χ3n) is 9.25. The molecule has 1 heterocycles. The first-order valence-electron chi connectivity index (χ1n) is 23.3. The Hall–Kier alpha value is -6.74. The van der Waals surface area contributed by atoms with E-state index in [-0.39, 0.29) is 80.3 Å². The van der Waals surface area contributed by atoms with Gasteiger partial charge in [0.05, 0.1) is 63.4 Å². The number of halogens is 3. The summed E-state index contributed by atoms with van der Waals surface area (Å²) in [6.07, 6.45) is -1.86. The average molecular weight is 1080 g/mol. The maximum atomic E-state index is 12.8. The number of aliphatic imine (C=N–C) groups is 1. The number of carbonyl (C=O) groups excluding carboxylic acids is 4. The number of esters is 1. The second kappa shape index (κ2) is 36.2. The second-order valence-electron chi connectivity index (χ2n) is 15.9. The summed E-state index contributed by atoms with van der Waals surface area (Å²) in [4.78, 5) is 66.5. The molecule has 0 bridgehead atoms. The lowest BCUT2D eigenvalue weighted by Gasteiger charge is -2.12. The standard InChI is InChI=1S/C42H51N5O12S.C6H15NO.C2HF3O2/c1-4-57-41(52)37-38(50)36(60-40(37)45-31-9-6-5-7-10-31)24-29-11-12-35(34(49)23-29)58-22-21-56-20-19-55-18-17-54-16-13-43-39(51)30-25-32(44-28-48)27-33(26-30)46-42(53)59-15-8-14-47(2)3;1-7(2)5-4-6-8-3;3-2(4,5)1(6)7/h5-7,9-12,23-28,49-50H,4,8,13-22H2,1-3H3,(H,43,51)(H,44,48)(H,46,53);4-6H2,1-3H3;(H,6,7)/b36-24-,45-40?;;. The monoisotopic (exact) mass is 1080 g/mol. The molecule has 1 aliphatic rings. The lowest BCUT2D eigenvalue weighted by atomic mass is 10.1. The van der Waals surface area contributed by atoms with Gasteiger partial charge < -0.3 is 68.9 Å². The van der Waals surface area contributed by atoms with Crippen molar-refractivity contribution < 1.29 is 85.6 Å². The van der Waals surface area contributed by atoms with Gasteiger partial charge >= 0.3 is 24.2 Å². The number of anilines is 2. The molecule has 6 N–H and O–H groups in total. The number of benzene rings is 3. The topological polar surface area (TPSA) is 266 Å². The van der Waals surface area contributed by atoms with Crippen LogP contribution in [0.25, 0.3) is 6.08 Å². The zero-order chi connectivity index (χ0) is 55.6. The number of hydrogen-bond donors (Lipinski definition) is 6. The summed E-state index contributed by atoms with van der Waals surface area (Å²) in [6.45, 7) is 6.87. The number of aromatic hydroxyl groups is 1. The Morgan fingerprint density at radius 3 is 1.95 bits per heavy atom. The molecule has 25 heteroatoms. The van der Waals surface area contributed by atoms with E-state index >= 15 is 0 Å². The number of nitrogens with one attached hydrogen (secondary N) is 3. The van der Waals surface area contributed by atoms with Crippen molar-refractivity contribution in [3.63, 3.8) is 0 Å². The SMILES string of the molecule is CCOC(=O)C1=C(O)/C(=C/c2ccc(OCCOCCOCCOCCNC(=O)c3cc(NC=O)cc(NC(=O)OCCCN(C)C)c3)c(O)c2)SC1=Nc1ccccc1.COCCCN(C)C.O=C(O)C(F)(F)F. The van der Waals surface area contributed by atoms with Crippen LogP contribution in [0, 0.1) is 0 Å². The van der Waals surface area contributed by atoms with Crippen molar-refractivity contribution in [3.8, 4) is 11.5 Å². The minimum absolute atomic E-state index is 0.0216. The number of nitrogens with zero attached hydrogens (tertiary/aromatic N) is 3. The Morgan fingerprint density at radius 2 is 1.37 bits per heavy atom. The lowest BCUT2D eigenvalue weighted by Crippen LogP contribution is -2.28. The van der Waals surface area contributed by atoms with E-state index in [4.69, 9.17) is 43.1 Å². The van der Waals surface area contributed by atoms with Crippen LogP contribution < -0.4 is 20.7 Å². The molecule has 1 aliphatic heterocycles. The maximum Gasteiger partial charge on any atom is 0.490 e. The summed E-state index contributed by atoms with van der Waals surface area (Å²) in [6, 6.07) is 18.3. The van der Waals surface area contributed by atoms with Crippen LogP contribution in [0.4, 0.5) is 35.0 Å². The predicted molar refractivity (Wildman–Crippen MR) is 277 cm³/mol. The van der Waals surface area contributed by atoms with Crippen molar-refractivity contribution in [3.05, 3.63) is 94.1 Å². The van der Waals surface area contributed by atoms with Crippen molar-refractivity contribution in [1.29, 1.82) is 0 Å². The molecule has 0 unspecified atom stereocenters. The number of phenolic OH excluding ortho intramolecular Hbond substituents is 1. The fourth-order valence-corrected chi connectivity index (χ4v) is 6.84. The van der Waals surface area contributed by atoms with Crippen LogP contribution >= 0.6 is 11.8 Å². The van der Waals surface area contributed by atoms with Crippen molar-refractivity contribution >= 4 is 70.3 Å². The fraction of sp³-hybridized carbons (Fsp3) is 0.440. The first kappa shape index (κ1) is 64.4. The van der Waals surface area contributed by atoms with Gasteiger partial charge in [0.15, 0.2) is 11.5 Å². The summed E-state index contributed by atoms with van der Waals surface area (Å²) in [5.74, 6) is -3.99. The molecule has 75 heavy (non-hydrogen) atoms. The van der Waals surface area contributed by atoms with Gasteiger partial charge in [-0.05, 0) is 109 Å². The molecule has 0 saturated heterocycles. The fourth-order valence-electron chi connectivity index (χ4n) is 5.81. The second-order valence-corrected chi connectivity index (χ2v) is 16.9. The number of thioether (sulfide) groups is 1. The van der Waals surface area contributed by atoms with Crippen molar-refractivity contribution in [2.24, 2.45) is 4.99 Å². The van der Waals surface area contributed by atoms with Gasteiger partial charge in [0.2, 0.25) is 6.41 Å². The number of alkyl halides is 3. The molecule has 0 saturated carbocycles. The Bertz CT molecular complexity index is 2340. The summed E-state index contributed by atoms with van der Waals surface area (Å²) in [7, 11) is 9.71. The van der Waals surface area contributed by atoms with Crippen LogP contribution in [0.5, 0.6) is 11.5 Å². The normalized spacial score (nSPS) is 13.2. The Labute approximate surface area is 438 Å². The van der Waals surface area contributed by atoms with Gasteiger partial charge in [-0.25, -0.2) is 19.4 Å². The third kappa shape index (κ3) is 27.4. The van der Waals surface area contributed by atoms with Crippen LogP contribution in [0.15, 0.2) is 88.0 Å². The van der Waals surface area contributed by atoms with Gasteiger partial charge in [-0.15, -0.1) is 0 Å². The molecule has 0 aliphatic carbocycles. The molecule has 3 aromatic rings. The van der Waals surface area contributed by atoms with Gasteiger partial charge in [0, 0.05) is 43.7 Å². The molecule has 4 rings (SSSR count). The highest BCUT2D eigenvalue weighted by Crippen LogP contribution is 2.41. The molecular weight excluding hydrogens is 1010 g/mol. The molecule has 0 atom stereocenters. The van der Waals surface area contributed by atoms with Crippen LogP contribution in [0.1, 0.15) is 35.7 Å². The summed E-state index contributed by atoms with van der Waals surface area (Å²) in [5, 5.41) is 36.8. The number of aliphatic carboxylic acids is 1. The smallest absolute Gasteiger partial charge is 0.490 e. The largest absolute Gasteiger partial charge is 0.506 e. The molecule has 0 fully saturated rings. The minimum atomic E-state index is -5.08. The molecule has 3 aromatic carbocycles. The van der Waals surface area contributed by atoms with E-state index < -0.39 is 30.1 Å². The zero-order valence-electron chi connectivity index (χ0n) is 42.7. The van der Waals surface area contributed by atoms with Crippen LogP contribution in [-0.2, 0) is 42.8 Å². The van der Waals surface area contributed by atoms with Crippen LogP contribution in [0.2, 0.25) is 0 Å². The van der Waals surface area contributed by atoms with Crippen molar-refractivity contribution in [1.82, 2.24) is 15.1 Å². The first-order valence-corrected chi connectivity index (χ1v) is 24.1. The van der Waals surface area contributed by atoms with Crippen LogP contribution in [0.3, 0.4) is 0 Å². The van der Waals surface area contributed by atoms with Gasteiger partial charge in [-0.2, -0.15) is 13.2 Å². The number of hydrogen-bond acceptors (Lipinski definition) is 18. The van der Waals surface area contributed by atoms with Gasteiger partial charge in [-0.3, -0.25) is 14.9 Å². The van der Waals surface area contributed by atoms with Gasteiger partial charge in [-0.1, -0.05) is 36.0 Å². The Balaban J connectivity index is 0.00000111. The molecule has 0 radical (unpaired) electrons. The number of ether oxygens (including phenoxy) is 7. The number of phenols is 1. The van der Waals surface area contributed by atoms with Gasteiger partial charge in [0.1, 0.15) is 23.0 Å². The van der Waals surface area contributed by atoms with Crippen LogP contribution in [-0.4, -0.2) is 188 Å². The van der Waals surface area contributed by atoms with E-state index in [0.29, 0.717) is 59.5 Å². The summed E-state index contributed by atoms with van der Waals surface area (Å²) < 4.78 is 69.2. The minimum Gasteiger partial charge on any atom is -0.506 e. The number of rotatable bonds is 29. The number of carbonyl (C=O) groups is 5. The van der Waals surface area contributed by atoms with Gasteiger partial charge in [0.25, 0.3) is 5.91 Å². The highest BCUT2D eigenvalue weighted by Gasteiger charge is 2.38. The molecule has 0 aromatic heterocycles. The molecule has 0 spiro atoms. The van der Waals surface area contributed by atoms with E-state index in [1.165, 1.54) is 24.3 Å². The zero-order valence-corrected chi connectivity index (χ0v) is 43.6. The third-order valence-corrected chi connectivity index (χ3v) is 10.3. The number of methoxy groups -OCH3 is 1. The maximum absolute atomic E-state index is 12.8. The summed E-state index contributed by atoms with van der Waals surface area (Å²) >= 11 is 1.12.